The standard InChI is InChI=1S/C12H13ClO4S/c1-6(14)10(13)8-4-3-7(18-2)5-9(8)11(15)12(16)17/h3-5,10-11,15H,1-2H3,(H,16,17). The first-order chi connectivity index (χ1) is 8.38. The van der Waals surface area contributed by atoms with Gasteiger partial charge in [-0.15, -0.1) is 23.4 Å². The Morgan fingerprint density at radius 3 is 2.39 bits per heavy atom. The van der Waals surface area contributed by atoms with E-state index in [1.165, 1.54) is 24.8 Å². The molecule has 0 heterocycles. The number of carboxylic acid groups (broad SMARTS) is 1. The molecule has 0 bridgehead atoms. The normalized spacial score (nSPS) is 14.0. The molecule has 0 aliphatic heterocycles. The summed E-state index contributed by atoms with van der Waals surface area (Å²) in [4.78, 5) is 22.9. The van der Waals surface area contributed by atoms with E-state index >= 15 is 0 Å². The van der Waals surface area contributed by atoms with Gasteiger partial charge in [0.2, 0.25) is 0 Å². The SMILES string of the molecule is CSc1ccc(C(Cl)C(C)=O)c(C(O)C(=O)O)c1. The molecular weight excluding hydrogens is 276 g/mol. The topological polar surface area (TPSA) is 74.6 Å². The van der Waals surface area contributed by atoms with Crippen LogP contribution in [0.5, 0.6) is 0 Å². The maximum atomic E-state index is 11.3. The van der Waals surface area contributed by atoms with Gasteiger partial charge in [0.25, 0.3) is 0 Å². The van der Waals surface area contributed by atoms with E-state index in [0.29, 0.717) is 5.56 Å². The predicted octanol–water partition coefficient (Wildman–Crippen LogP) is 2.40. The Bertz CT molecular complexity index is 475. The van der Waals surface area contributed by atoms with E-state index in [4.69, 9.17) is 16.7 Å². The maximum absolute atomic E-state index is 11.3. The number of hydrogen-bond donors (Lipinski definition) is 2. The lowest BCUT2D eigenvalue weighted by molar-refractivity contribution is -0.147. The van der Waals surface area contributed by atoms with Gasteiger partial charge >= 0.3 is 5.97 Å². The highest BCUT2D eigenvalue weighted by molar-refractivity contribution is 7.98. The van der Waals surface area contributed by atoms with Gasteiger partial charge in [0.1, 0.15) is 5.38 Å². The third-order valence-corrected chi connectivity index (χ3v) is 3.72. The third kappa shape index (κ3) is 3.25. The number of halogens is 1. The zero-order chi connectivity index (χ0) is 13.9. The van der Waals surface area contributed by atoms with Crippen molar-refractivity contribution in [2.45, 2.75) is 23.3 Å². The molecule has 0 aliphatic rings. The summed E-state index contributed by atoms with van der Waals surface area (Å²) in [5, 5.41) is 17.6. The molecule has 2 unspecified atom stereocenters. The van der Waals surface area contributed by atoms with Gasteiger partial charge in [0, 0.05) is 4.90 Å². The van der Waals surface area contributed by atoms with Crippen LogP contribution in [0.25, 0.3) is 0 Å². The van der Waals surface area contributed by atoms with Crippen LogP contribution in [0.1, 0.15) is 29.5 Å². The number of Topliss-reactive ketones (excluding diaryl/α,β-unsaturated/α-hetero) is 1. The Labute approximate surface area is 114 Å². The van der Waals surface area contributed by atoms with Crippen molar-refractivity contribution in [3.05, 3.63) is 29.3 Å². The number of ketones is 1. The average Bonchev–Trinajstić information content (AvgIpc) is 2.35. The van der Waals surface area contributed by atoms with Crippen molar-refractivity contribution < 1.29 is 19.8 Å². The Hall–Kier alpha value is -1.04. The number of thioether (sulfide) groups is 1. The number of carboxylic acids is 1. The van der Waals surface area contributed by atoms with Crippen molar-refractivity contribution in [1.82, 2.24) is 0 Å². The molecule has 0 radical (unpaired) electrons. The Balaban J connectivity index is 3.33. The number of benzene rings is 1. The molecule has 6 heteroatoms. The molecule has 2 N–H and O–H groups in total. The van der Waals surface area contributed by atoms with Crippen molar-refractivity contribution in [1.29, 1.82) is 0 Å². The van der Waals surface area contributed by atoms with E-state index in [2.05, 4.69) is 0 Å². The minimum absolute atomic E-state index is 0.157. The van der Waals surface area contributed by atoms with Crippen LogP contribution < -0.4 is 0 Å². The van der Waals surface area contributed by atoms with Crippen LogP contribution in [-0.4, -0.2) is 28.2 Å². The van der Waals surface area contributed by atoms with E-state index < -0.39 is 17.5 Å². The van der Waals surface area contributed by atoms with E-state index in [1.807, 2.05) is 6.26 Å². The van der Waals surface area contributed by atoms with Crippen molar-refractivity contribution in [3.8, 4) is 0 Å². The summed E-state index contributed by atoms with van der Waals surface area (Å²) in [6.45, 7) is 1.32. The van der Waals surface area contributed by atoms with Gasteiger partial charge in [-0.2, -0.15) is 0 Å². The van der Waals surface area contributed by atoms with Crippen molar-refractivity contribution in [2.75, 3.05) is 6.26 Å². The van der Waals surface area contributed by atoms with Crippen LogP contribution in [0.4, 0.5) is 0 Å². The summed E-state index contributed by atoms with van der Waals surface area (Å²) < 4.78 is 0. The van der Waals surface area contributed by atoms with Crippen LogP contribution in [0, 0.1) is 0 Å². The molecule has 18 heavy (non-hydrogen) atoms. The lowest BCUT2D eigenvalue weighted by Crippen LogP contribution is -2.15. The minimum atomic E-state index is -1.69. The first-order valence-electron chi connectivity index (χ1n) is 5.11. The molecule has 1 aromatic carbocycles. The molecule has 0 aromatic heterocycles. The van der Waals surface area contributed by atoms with Crippen LogP contribution in [0.3, 0.4) is 0 Å². The molecule has 0 saturated carbocycles. The monoisotopic (exact) mass is 288 g/mol. The summed E-state index contributed by atoms with van der Waals surface area (Å²) in [6, 6.07) is 4.85. The highest BCUT2D eigenvalue weighted by atomic mass is 35.5. The Morgan fingerprint density at radius 2 is 1.94 bits per heavy atom. The van der Waals surface area contributed by atoms with Gasteiger partial charge in [0.05, 0.1) is 0 Å². The van der Waals surface area contributed by atoms with E-state index in [0.717, 1.165) is 4.90 Å². The smallest absolute Gasteiger partial charge is 0.337 e. The number of carbonyl (C=O) groups excluding carboxylic acids is 1. The highest BCUT2D eigenvalue weighted by Crippen LogP contribution is 2.32. The molecule has 4 nitrogen and oxygen atoms in total. The lowest BCUT2D eigenvalue weighted by atomic mass is 9.98. The number of hydrogen-bond acceptors (Lipinski definition) is 4. The second-order valence-electron chi connectivity index (χ2n) is 3.71. The molecule has 1 rings (SSSR count). The largest absolute Gasteiger partial charge is 0.479 e. The summed E-state index contributed by atoms with van der Waals surface area (Å²) in [7, 11) is 0. The first-order valence-corrected chi connectivity index (χ1v) is 6.77. The number of alkyl halides is 1. The molecule has 0 saturated heterocycles. The summed E-state index contributed by atoms with van der Waals surface area (Å²) in [5.41, 5.74) is 0.487. The van der Waals surface area contributed by atoms with Gasteiger partial charge in [-0.05, 0) is 36.4 Å². The summed E-state index contributed by atoms with van der Waals surface area (Å²) >= 11 is 7.34. The van der Waals surface area contributed by atoms with E-state index in [-0.39, 0.29) is 11.3 Å². The molecule has 0 aliphatic carbocycles. The second-order valence-corrected chi connectivity index (χ2v) is 5.02. The third-order valence-electron chi connectivity index (χ3n) is 2.45. The number of rotatable bonds is 5. The highest BCUT2D eigenvalue weighted by Gasteiger charge is 2.25. The summed E-state index contributed by atoms with van der Waals surface area (Å²) in [6.07, 6.45) is 0.141. The van der Waals surface area contributed by atoms with Crippen LogP contribution >= 0.6 is 23.4 Å². The Morgan fingerprint density at radius 1 is 1.33 bits per heavy atom. The van der Waals surface area contributed by atoms with Crippen molar-refractivity contribution >= 4 is 35.1 Å². The van der Waals surface area contributed by atoms with Gasteiger partial charge < -0.3 is 10.2 Å². The maximum Gasteiger partial charge on any atom is 0.337 e. The molecule has 2 atom stereocenters. The van der Waals surface area contributed by atoms with Crippen LogP contribution in [-0.2, 0) is 9.59 Å². The number of aliphatic hydroxyl groups excluding tert-OH is 1. The first kappa shape index (κ1) is 15.0. The predicted molar refractivity (Wildman–Crippen MR) is 70.1 cm³/mol. The van der Waals surface area contributed by atoms with Gasteiger partial charge in [0.15, 0.2) is 11.9 Å². The molecular formula is C12H13ClO4S. The molecule has 98 valence electrons. The Kier molecular flexibility index (Phi) is 5.19. The van der Waals surface area contributed by atoms with Crippen LogP contribution in [0.15, 0.2) is 23.1 Å². The van der Waals surface area contributed by atoms with E-state index in [1.54, 1.807) is 12.1 Å². The molecule has 0 fully saturated rings. The number of carbonyl (C=O) groups is 2. The quantitative estimate of drug-likeness (QED) is 0.643. The number of aliphatic hydroxyl groups is 1. The minimum Gasteiger partial charge on any atom is -0.479 e. The second kappa shape index (κ2) is 6.22. The summed E-state index contributed by atoms with van der Waals surface area (Å²) in [5.74, 6) is -1.67. The fourth-order valence-corrected chi connectivity index (χ4v) is 2.15. The van der Waals surface area contributed by atoms with Crippen molar-refractivity contribution in [2.24, 2.45) is 0 Å². The van der Waals surface area contributed by atoms with Crippen LogP contribution in [0.2, 0.25) is 0 Å². The average molecular weight is 289 g/mol. The fraction of sp³-hybridized carbons (Fsp3) is 0.333. The van der Waals surface area contributed by atoms with Gasteiger partial charge in [-0.3, -0.25) is 4.79 Å². The van der Waals surface area contributed by atoms with Crippen molar-refractivity contribution in [3.63, 3.8) is 0 Å². The lowest BCUT2D eigenvalue weighted by Gasteiger charge is -2.16. The zero-order valence-corrected chi connectivity index (χ0v) is 11.5. The number of aliphatic carboxylic acids is 1. The van der Waals surface area contributed by atoms with Gasteiger partial charge in [-0.1, -0.05) is 6.07 Å². The van der Waals surface area contributed by atoms with E-state index in [9.17, 15) is 14.7 Å². The zero-order valence-electron chi connectivity index (χ0n) is 9.88. The molecule has 0 amide bonds. The molecule has 1 aromatic rings. The molecule has 0 spiro atoms. The van der Waals surface area contributed by atoms with Gasteiger partial charge in [-0.25, -0.2) is 4.79 Å². The fourth-order valence-electron chi connectivity index (χ4n) is 1.50.